The highest BCUT2D eigenvalue weighted by molar-refractivity contribution is 6.11. The van der Waals surface area contributed by atoms with Crippen LogP contribution in [0.1, 0.15) is 25.0 Å². The molecular formula is C63H46N2. The molecule has 0 radical (unpaired) electrons. The Hall–Kier alpha value is -8.20. The van der Waals surface area contributed by atoms with Crippen LogP contribution in [0.25, 0.3) is 83.1 Å². The van der Waals surface area contributed by atoms with E-state index in [1.807, 2.05) is 0 Å². The third-order valence-corrected chi connectivity index (χ3v) is 13.6. The van der Waals surface area contributed by atoms with Crippen molar-refractivity contribution in [1.82, 2.24) is 4.57 Å². The molecule has 0 saturated carbocycles. The van der Waals surface area contributed by atoms with Crippen LogP contribution in [0.4, 0.5) is 17.1 Å². The summed E-state index contributed by atoms with van der Waals surface area (Å²) in [6, 6.07) is 89.0. The highest BCUT2D eigenvalue weighted by Crippen LogP contribution is 2.53. The van der Waals surface area contributed by atoms with Gasteiger partial charge in [0.1, 0.15) is 0 Å². The zero-order valence-electron chi connectivity index (χ0n) is 36.5. The number of rotatable bonds is 8. The van der Waals surface area contributed by atoms with Crippen LogP contribution in [-0.2, 0) is 5.41 Å². The molecule has 0 aliphatic heterocycles. The molecule has 0 spiro atoms. The Balaban J connectivity index is 1.16. The van der Waals surface area contributed by atoms with Gasteiger partial charge < -0.3 is 9.47 Å². The minimum Gasteiger partial charge on any atom is -0.310 e. The van der Waals surface area contributed by atoms with E-state index in [4.69, 9.17) is 0 Å². The number of nitrogens with zero attached hydrogens (tertiary/aromatic N) is 2. The van der Waals surface area contributed by atoms with E-state index < -0.39 is 0 Å². The summed E-state index contributed by atoms with van der Waals surface area (Å²) in [5.41, 5.74) is 21.5. The van der Waals surface area contributed by atoms with Gasteiger partial charge in [-0.25, -0.2) is 0 Å². The average molecular weight is 831 g/mol. The number of aromatic nitrogens is 1. The van der Waals surface area contributed by atoms with Gasteiger partial charge in [-0.3, -0.25) is 0 Å². The molecule has 10 aromatic carbocycles. The van der Waals surface area contributed by atoms with Gasteiger partial charge in [-0.05, 0) is 110 Å². The monoisotopic (exact) mass is 830 g/mol. The summed E-state index contributed by atoms with van der Waals surface area (Å²) in [5.74, 6) is 0. The Morgan fingerprint density at radius 3 is 1.63 bits per heavy atom. The Bertz CT molecular complexity index is 3560. The summed E-state index contributed by atoms with van der Waals surface area (Å²) in [5, 5.41) is 2.45. The predicted octanol–water partition coefficient (Wildman–Crippen LogP) is 17.2. The van der Waals surface area contributed by atoms with Gasteiger partial charge in [0.2, 0.25) is 0 Å². The molecule has 1 aliphatic rings. The van der Waals surface area contributed by atoms with E-state index in [1.165, 1.54) is 83.1 Å². The van der Waals surface area contributed by atoms with Crippen LogP contribution in [0, 0.1) is 0 Å². The van der Waals surface area contributed by atoms with Gasteiger partial charge in [0, 0.05) is 38.8 Å². The minimum absolute atomic E-state index is 0.100. The van der Waals surface area contributed by atoms with Gasteiger partial charge in [0.05, 0.1) is 16.7 Å². The molecule has 0 atom stereocenters. The summed E-state index contributed by atoms with van der Waals surface area (Å²) < 4.78 is 2.42. The fraction of sp³-hybridized carbons (Fsp3) is 0.0476. The number of hydrogen-bond acceptors (Lipinski definition) is 1. The topological polar surface area (TPSA) is 8.17 Å². The van der Waals surface area contributed by atoms with E-state index in [2.05, 4.69) is 266 Å². The number of anilines is 3. The predicted molar refractivity (Wildman–Crippen MR) is 275 cm³/mol. The van der Waals surface area contributed by atoms with Crippen molar-refractivity contribution in [2.24, 2.45) is 0 Å². The fourth-order valence-corrected chi connectivity index (χ4v) is 10.6. The molecule has 0 fully saturated rings. The molecule has 2 nitrogen and oxygen atoms in total. The Morgan fingerprint density at radius 2 is 0.862 bits per heavy atom. The van der Waals surface area contributed by atoms with Crippen molar-refractivity contribution in [1.29, 1.82) is 0 Å². The van der Waals surface area contributed by atoms with E-state index in [1.54, 1.807) is 0 Å². The molecule has 11 aromatic rings. The summed E-state index contributed by atoms with van der Waals surface area (Å²) in [4.78, 5) is 2.50. The molecule has 1 aliphatic carbocycles. The lowest BCUT2D eigenvalue weighted by Gasteiger charge is -2.30. The van der Waals surface area contributed by atoms with E-state index >= 15 is 0 Å². The van der Waals surface area contributed by atoms with Crippen LogP contribution >= 0.6 is 0 Å². The van der Waals surface area contributed by atoms with Gasteiger partial charge >= 0.3 is 0 Å². The number of fused-ring (bicyclic) bond motifs is 6. The first kappa shape index (κ1) is 38.5. The zero-order valence-corrected chi connectivity index (χ0v) is 36.5. The van der Waals surface area contributed by atoms with Crippen molar-refractivity contribution in [3.63, 3.8) is 0 Å². The number of benzene rings is 10. The van der Waals surface area contributed by atoms with Crippen LogP contribution in [0.3, 0.4) is 0 Å². The quantitative estimate of drug-likeness (QED) is 0.148. The normalized spacial score (nSPS) is 12.6. The molecule has 2 heteroatoms. The molecule has 0 amide bonds. The third-order valence-electron chi connectivity index (χ3n) is 13.6. The summed E-state index contributed by atoms with van der Waals surface area (Å²) >= 11 is 0. The standard InChI is InChI=1S/C63H46N2/c1-63(2)56-35-16-14-32-55(56)61-51(33-19-36-57(61)63)45-25-18-28-47(41-45)64(48-39-40-53-52-30-15-17-37-58(52)65(60(53)42-48)46-26-10-5-11-27-46)59-38-20-34-50(44-23-8-4-9-24-44)62(59)54-31-13-12-29-49(54)43-21-6-3-7-22-43/h3-42H,1-2H3. The highest BCUT2D eigenvalue weighted by Gasteiger charge is 2.36. The second-order valence-electron chi connectivity index (χ2n) is 17.7. The first-order chi connectivity index (χ1) is 32.0. The van der Waals surface area contributed by atoms with Crippen molar-refractivity contribution in [2.45, 2.75) is 19.3 Å². The first-order valence-electron chi connectivity index (χ1n) is 22.6. The lowest BCUT2D eigenvalue weighted by Crippen LogP contribution is -2.14. The maximum absolute atomic E-state index is 2.50. The minimum atomic E-state index is -0.100. The molecule has 0 N–H and O–H groups in total. The molecular weight excluding hydrogens is 785 g/mol. The molecule has 0 bridgehead atoms. The Labute approximate surface area is 381 Å². The van der Waals surface area contributed by atoms with Crippen LogP contribution in [0.15, 0.2) is 243 Å². The van der Waals surface area contributed by atoms with Gasteiger partial charge in [0.15, 0.2) is 0 Å². The molecule has 0 unspecified atom stereocenters. The summed E-state index contributed by atoms with van der Waals surface area (Å²) in [7, 11) is 0. The maximum atomic E-state index is 2.50. The zero-order chi connectivity index (χ0) is 43.5. The molecule has 308 valence electrons. The fourth-order valence-electron chi connectivity index (χ4n) is 10.6. The van der Waals surface area contributed by atoms with Crippen molar-refractivity contribution >= 4 is 38.9 Å². The van der Waals surface area contributed by atoms with Gasteiger partial charge in [-0.2, -0.15) is 0 Å². The highest BCUT2D eigenvalue weighted by atomic mass is 15.1. The van der Waals surface area contributed by atoms with Crippen LogP contribution < -0.4 is 4.90 Å². The van der Waals surface area contributed by atoms with Gasteiger partial charge in [0.25, 0.3) is 0 Å². The maximum Gasteiger partial charge on any atom is 0.0561 e. The van der Waals surface area contributed by atoms with Crippen molar-refractivity contribution in [3.8, 4) is 61.3 Å². The van der Waals surface area contributed by atoms with Crippen molar-refractivity contribution in [2.75, 3.05) is 4.90 Å². The molecule has 65 heavy (non-hydrogen) atoms. The SMILES string of the molecule is CC1(C)c2ccccc2-c2c(-c3cccc(N(c4ccc5c6ccccc6n(-c6ccccc6)c5c4)c4cccc(-c5ccccc5)c4-c4ccccc4-c4ccccc4)c3)cccc21. The second-order valence-corrected chi connectivity index (χ2v) is 17.7. The smallest absolute Gasteiger partial charge is 0.0561 e. The average Bonchev–Trinajstić information content (AvgIpc) is 3.82. The summed E-state index contributed by atoms with van der Waals surface area (Å²) in [6.07, 6.45) is 0. The van der Waals surface area contributed by atoms with Crippen LogP contribution in [0.5, 0.6) is 0 Å². The van der Waals surface area contributed by atoms with Gasteiger partial charge in [-0.15, -0.1) is 0 Å². The second kappa shape index (κ2) is 15.6. The summed E-state index contributed by atoms with van der Waals surface area (Å²) in [6.45, 7) is 4.72. The molecule has 12 rings (SSSR count). The van der Waals surface area contributed by atoms with Gasteiger partial charge in [-0.1, -0.05) is 208 Å². The van der Waals surface area contributed by atoms with Crippen LogP contribution in [-0.4, -0.2) is 4.57 Å². The number of para-hydroxylation sites is 2. The van der Waals surface area contributed by atoms with Crippen LogP contribution in [0.2, 0.25) is 0 Å². The lowest BCUT2D eigenvalue weighted by molar-refractivity contribution is 0.660. The van der Waals surface area contributed by atoms with E-state index in [0.29, 0.717) is 0 Å². The Morgan fingerprint density at radius 1 is 0.338 bits per heavy atom. The van der Waals surface area contributed by atoms with E-state index in [-0.39, 0.29) is 5.41 Å². The first-order valence-corrected chi connectivity index (χ1v) is 22.6. The molecule has 0 saturated heterocycles. The number of hydrogen-bond donors (Lipinski definition) is 0. The van der Waals surface area contributed by atoms with E-state index in [9.17, 15) is 0 Å². The largest absolute Gasteiger partial charge is 0.310 e. The Kier molecular flexibility index (Phi) is 9.21. The van der Waals surface area contributed by atoms with Crippen molar-refractivity contribution in [3.05, 3.63) is 254 Å². The lowest BCUT2D eigenvalue weighted by atomic mass is 9.82. The van der Waals surface area contributed by atoms with Crippen molar-refractivity contribution < 1.29 is 0 Å². The molecule has 1 aromatic heterocycles. The molecule has 1 heterocycles. The van der Waals surface area contributed by atoms with E-state index in [0.717, 1.165) is 28.3 Å². The third kappa shape index (κ3) is 6.32.